The molecule has 100 valence electrons. The molecule has 1 aromatic carbocycles. The minimum atomic E-state index is -0.553. The predicted molar refractivity (Wildman–Crippen MR) is 73.2 cm³/mol. The number of hydrogen-bond donors (Lipinski definition) is 1. The maximum Gasteiger partial charge on any atom is 0.254 e. The van der Waals surface area contributed by atoms with E-state index in [-0.39, 0.29) is 10.0 Å². The molecule has 2 rings (SSSR count). The largest absolute Gasteiger partial charge is 0.348 e. The number of benzene rings is 1. The van der Waals surface area contributed by atoms with Crippen LogP contribution < -0.4 is 5.32 Å². The normalized spacial score (nSPS) is 10.5. The highest BCUT2D eigenvalue weighted by atomic mass is 79.9. The van der Waals surface area contributed by atoms with Gasteiger partial charge >= 0.3 is 0 Å². The van der Waals surface area contributed by atoms with Crippen molar-refractivity contribution in [1.82, 2.24) is 15.1 Å². The first-order valence-corrected chi connectivity index (χ1v) is 6.49. The first-order valence-electron chi connectivity index (χ1n) is 5.70. The van der Waals surface area contributed by atoms with E-state index >= 15 is 0 Å². The molecule has 0 saturated heterocycles. The first kappa shape index (κ1) is 13.7. The summed E-state index contributed by atoms with van der Waals surface area (Å²) in [6, 6.07) is 4.63. The molecule has 1 aromatic heterocycles. The van der Waals surface area contributed by atoms with Crippen LogP contribution in [0.1, 0.15) is 21.6 Å². The number of amides is 1. The minimum Gasteiger partial charge on any atom is -0.348 e. The van der Waals surface area contributed by atoms with Gasteiger partial charge in [-0.2, -0.15) is 5.10 Å². The van der Waals surface area contributed by atoms with Crippen LogP contribution in [0.25, 0.3) is 0 Å². The van der Waals surface area contributed by atoms with Gasteiger partial charge in [-0.15, -0.1) is 0 Å². The predicted octanol–water partition coefficient (Wildman–Crippen LogP) is 2.56. The Bertz CT molecular complexity index is 624. The lowest BCUT2D eigenvalue weighted by molar-refractivity contribution is 0.0946. The van der Waals surface area contributed by atoms with Crippen LogP contribution in [0.4, 0.5) is 4.39 Å². The van der Waals surface area contributed by atoms with Gasteiger partial charge in [-0.3, -0.25) is 9.48 Å². The van der Waals surface area contributed by atoms with Crippen molar-refractivity contribution in [3.63, 3.8) is 0 Å². The van der Waals surface area contributed by atoms with Crippen LogP contribution in [0, 0.1) is 12.7 Å². The molecule has 0 saturated carbocycles. The molecule has 0 spiro atoms. The van der Waals surface area contributed by atoms with Crippen molar-refractivity contribution in [3.05, 3.63) is 51.5 Å². The average molecular weight is 326 g/mol. The van der Waals surface area contributed by atoms with Crippen LogP contribution >= 0.6 is 15.9 Å². The average Bonchev–Trinajstić information content (AvgIpc) is 2.70. The van der Waals surface area contributed by atoms with Gasteiger partial charge in [-0.05, 0) is 35.0 Å². The zero-order valence-corrected chi connectivity index (χ0v) is 12.2. The summed E-state index contributed by atoms with van der Waals surface area (Å²) in [5.41, 5.74) is 1.90. The summed E-state index contributed by atoms with van der Waals surface area (Å²) in [5, 5.41) is 6.77. The van der Waals surface area contributed by atoms with Gasteiger partial charge in [-0.25, -0.2) is 4.39 Å². The Morgan fingerprint density at radius 3 is 2.89 bits per heavy atom. The second-order valence-corrected chi connectivity index (χ2v) is 5.02. The van der Waals surface area contributed by atoms with Crippen molar-refractivity contribution in [2.75, 3.05) is 0 Å². The van der Waals surface area contributed by atoms with Crippen molar-refractivity contribution in [1.29, 1.82) is 0 Å². The van der Waals surface area contributed by atoms with Crippen molar-refractivity contribution in [2.24, 2.45) is 7.05 Å². The van der Waals surface area contributed by atoms with E-state index in [0.29, 0.717) is 6.54 Å². The van der Waals surface area contributed by atoms with E-state index < -0.39 is 11.7 Å². The second kappa shape index (κ2) is 5.52. The molecule has 6 heteroatoms. The van der Waals surface area contributed by atoms with Gasteiger partial charge in [-0.1, -0.05) is 6.07 Å². The summed E-state index contributed by atoms with van der Waals surface area (Å²) in [4.78, 5) is 11.9. The van der Waals surface area contributed by atoms with Crippen molar-refractivity contribution in [2.45, 2.75) is 13.5 Å². The molecular formula is C13H13BrFN3O. The molecule has 19 heavy (non-hydrogen) atoms. The fourth-order valence-electron chi connectivity index (χ4n) is 1.67. The maximum absolute atomic E-state index is 13.7. The SMILES string of the molecule is Cc1c(CNC(=O)c2cccc(Br)c2F)cnn1C. The highest BCUT2D eigenvalue weighted by Crippen LogP contribution is 2.18. The fraction of sp³-hybridized carbons (Fsp3) is 0.231. The second-order valence-electron chi connectivity index (χ2n) is 4.16. The molecule has 2 aromatic rings. The van der Waals surface area contributed by atoms with E-state index in [4.69, 9.17) is 0 Å². The number of halogens is 2. The molecule has 0 aliphatic heterocycles. The summed E-state index contributed by atoms with van der Waals surface area (Å²) in [5.74, 6) is -0.995. The minimum absolute atomic E-state index is 0.0240. The van der Waals surface area contributed by atoms with Gasteiger partial charge in [0, 0.05) is 24.8 Å². The Kier molecular flexibility index (Phi) is 3.99. The van der Waals surface area contributed by atoms with Crippen LogP contribution in [0.3, 0.4) is 0 Å². The number of carbonyl (C=O) groups excluding carboxylic acids is 1. The van der Waals surface area contributed by atoms with Crippen molar-refractivity contribution < 1.29 is 9.18 Å². The Hall–Kier alpha value is -1.69. The number of aryl methyl sites for hydroxylation is 1. The van der Waals surface area contributed by atoms with E-state index in [1.54, 1.807) is 23.0 Å². The maximum atomic E-state index is 13.7. The van der Waals surface area contributed by atoms with E-state index in [0.717, 1.165) is 11.3 Å². The quantitative estimate of drug-likeness (QED) is 0.942. The highest BCUT2D eigenvalue weighted by molar-refractivity contribution is 9.10. The third-order valence-electron chi connectivity index (χ3n) is 2.97. The van der Waals surface area contributed by atoms with E-state index in [1.165, 1.54) is 6.07 Å². The Balaban J connectivity index is 2.10. The smallest absolute Gasteiger partial charge is 0.254 e. The van der Waals surface area contributed by atoms with Gasteiger partial charge in [0.2, 0.25) is 0 Å². The molecule has 0 aliphatic rings. The number of nitrogens with one attached hydrogen (secondary N) is 1. The van der Waals surface area contributed by atoms with Gasteiger partial charge < -0.3 is 5.32 Å². The summed E-state index contributed by atoms with van der Waals surface area (Å²) in [7, 11) is 1.83. The van der Waals surface area contributed by atoms with E-state index in [2.05, 4.69) is 26.3 Å². The topological polar surface area (TPSA) is 46.9 Å². The fourth-order valence-corrected chi connectivity index (χ4v) is 2.03. The molecule has 0 unspecified atom stereocenters. The zero-order chi connectivity index (χ0) is 14.0. The molecule has 4 nitrogen and oxygen atoms in total. The highest BCUT2D eigenvalue weighted by Gasteiger charge is 2.14. The zero-order valence-electron chi connectivity index (χ0n) is 10.6. The van der Waals surface area contributed by atoms with Crippen molar-refractivity contribution in [3.8, 4) is 0 Å². The first-order chi connectivity index (χ1) is 9.00. The Morgan fingerprint density at radius 2 is 2.26 bits per heavy atom. The Labute approximate surface area is 118 Å². The lowest BCUT2D eigenvalue weighted by atomic mass is 10.2. The third-order valence-corrected chi connectivity index (χ3v) is 3.58. The number of aromatic nitrogens is 2. The summed E-state index contributed by atoms with van der Waals surface area (Å²) in [6.07, 6.45) is 1.69. The molecule has 0 aliphatic carbocycles. The molecule has 1 heterocycles. The van der Waals surface area contributed by atoms with Crippen LogP contribution in [0.2, 0.25) is 0 Å². The van der Waals surface area contributed by atoms with Crippen LogP contribution in [0.5, 0.6) is 0 Å². The Morgan fingerprint density at radius 1 is 1.53 bits per heavy atom. The van der Waals surface area contributed by atoms with E-state index in [1.807, 2.05) is 14.0 Å². The molecular weight excluding hydrogens is 313 g/mol. The van der Waals surface area contributed by atoms with Gasteiger partial charge in [0.1, 0.15) is 5.82 Å². The van der Waals surface area contributed by atoms with Crippen LogP contribution in [0.15, 0.2) is 28.9 Å². The van der Waals surface area contributed by atoms with Crippen LogP contribution in [-0.4, -0.2) is 15.7 Å². The summed E-state index contributed by atoms with van der Waals surface area (Å²) in [6.45, 7) is 2.23. The molecule has 1 N–H and O–H groups in total. The summed E-state index contributed by atoms with van der Waals surface area (Å²) >= 11 is 3.06. The van der Waals surface area contributed by atoms with Gasteiger partial charge in [0.05, 0.1) is 16.2 Å². The molecule has 1 amide bonds. The molecule has 0 bridgehead atoms. The number of rotatable bonds is 3. The van der Waals surface area contributed by atoms with Gasteiger partial charge in [0.25, 0.3) is 5.91 Å². The lowest BCUT2D eigenvalue weighted by Gasteiger charge is -2.06. The number of hydrogen-bond acceptors (Lipinski definition) is 2. The molecule has 0 atom stereocenters. The van der Waals surface area contributed by atoms with Gasteiger partial charge in [0.15, 0.2) is 0 Å². The number of nitrogens with zero attached hydrogens (tertiary/aromatic N) is 2. The lowest BCUT2D eigenvalue weighted by Crippen LogP contribution is -2.24. The molecule has 0 radical (unpaired) electrons. The number of carbonyl (C=O) groups is 1. The van der Waals surface area contributed by atoms with Crippen molar-refractivity contribution >= 4 is 21.8 Å². The van der Waals surface area contributed by atoms with E-state index in [9.17, 15) is 9.18 Å². The van der Waals surface area contributed by atoms with Crippen LogP contribution in [-0.2, 0) is 13.6 Å². The monoisotopic (exact) mass is 325 g/mol. The summed E-state index contributed by atoms with van der Waals surface area (Å²) < 4.78 is 15.7. The molecule has 0 fully saturated rings. The standard InChI is InChI=1S/C13H13BrFN3O/c1-8-9(7-17-18(8)2)6-16-13(19)10-4-3-5-11(14)12(10)15/h3-5,7H,6H2,1-2H3,(H,16,19). The third kappa shape index (κ3) is 2.84.